The number of carbonyl (C=O) groups excluding carboxylic acids is 1. The molecule has 0 saturated heterocycles. The zero-order chi connectivity index (χ0) is 13.7. The fourth-order valence-corrected chi connectivity index (χ4v) is 2.06. The first-order valence-corrected chi connectivity index (χ1v) is 5.84. The van der Waals surface area contributed by atoms with E-state index in [1.807, 2.05) is 34.6 Å². The molecule has 100 valence electrons. The molecule has 0 aliphatic carbocycles. The van der Waals surface area contributed by atoms with Crippen LogP contribution in [0.1, 0.15) is 45.9 Å². The van der Waals surface area contributed by atoms with Gasteiger partial charge in [-0.15, -0.1) is 0 Å². The molecule has 2 rings (SSSR count). The summed E-state index contributed by atoms with van der Waals surface area (Å²) in [7, 11) is 0. The Kier molecular flexibility index (Phi) is 2.57. The Balaban J connectivity index is 2.29. The maximum Gasteiger partial charge on any atom is 0.411 e. The second-order valence-electron chi connectivity index (χ2n) is 5.97. The Morgan fingerprint density at radius 2 is 2.06 bits per heavy atom. The molecular formula is C12H18N2O4. The van der Waals surface area contributed by atoms with Gasteiger partial charge in [-0.3, -0.25) is 4.90 Å². The summed E-state index contributed by atoms with van der Waals surface area (Å²) in [6.45, 7) is 9.32. The highest BCUT2D eigenvalue weighted by Gasteiger charge is 2.45. The van der Waals surface area contributed by atoms with Gasteiger partial charge in [0.2, 0.25) is 0 Å². The Bertz CT molecular complexity index is 533. The fourth-order valence-electron chi connectivity index (χ4n) is 2.06. The molecule has 0 atom stereocenters. The number of carbonyl (C=O) groups is 1. The van der Waals surface area contributed by atoms with Crippen LogP contribution < -0.4 is 5.63 Å². The van der Waals surface area contributed by atoms with Crippen molar-refractivity contribution in [2.24, 2.45) is 0 Å². The first kappa shape index (κ1) is 12.7. The van der Waals surface area contributed by atoms with E-state index in [4.69, 9.17) is 9.26 Å². The van der Waals surface area contributed by atoms with E-state index in [0.717, 1.165) is 0 Å². The van der Waals surface area contributed by atoms with E-state index in [9.17, 15) is 9.59 Å². The average molecular weight is 254 g/mol. The molecule has 1 aliphatic heterocycles. The van der Waals surface area contributed by atoms with E-state index in [2.05, 4.69) is 5.16 Å². The topological polar surface area (TPSA) is 75.5 Å². The molecular weight excluding hydrogens is 236 g/mol. The van der Waals surface area contributed by atoms with Gasteiger partial charge in [0, 0.05) is 0 Å². The largest absolute Gasteiger partial charge is 0.444 e. The van der Waals surface area contributed by atoms with Gasteiger partial charge in [0.05, 0.1) is 23.3 Å². The second kappa shape index (κ2) is 3.63. The Labute approximate surface area is 105 Å². The van der Waals surface area contributed by atoms with Gasteiger partial charge in [-0.2, -0.15) is 0 Å². The normalized spacial score (nSPS) is 17.7. The van der Waals surface area contributed by atoms with Crippen molar-refractivity contribution >= 4 is 6.09 Å². The van der Waals surface area contributed by atoms with E-state index in [-0.39, 0.29) is 6.54 Å². The zero-order valence-electron chi connectivity index (χ0n) is 11.3. The van der Waals surface area contributed by atoms with E-state index < -0.39 is 22.9 Å². The predicted molar refractivity (Wildman–Crippen MR) is 64.1 cm³/mol. The van der Waals surface area contributed by atoms with Crippen LogP contribution in [-0.2, 0) is 16.8 Å². The third-order valence-corrected chi connectivity index (χ3v) is 3.01. The summed E-state index contributed by atoms with van der Waals surface area (Å²) in [4.78, 5) is 25.1. The van der Waals surface area contributed by atoms with Gasteiger partial charge in [-0.1, -0.05) is 0 Å². The van der Waals surface area contributed by atoms with Crippen molar-refractivity contribution in [2.75, 3.05) is 0 Å². The number of aromatic amines is 1. The number of rotatable bonds is 0. The van der Waals surface area contributed by atoms with Gasteiger partial charge in [0.25, 0.3) is 0 Å². The molecule has 1 aromatic heterocycles. The molecule has 0 spiro atoms. The lowest BCUT2D eigenvalue weighted by molar-refractivity contribution is 0.00357. The highest BCUT2D eigenvalue weighted by Crippen LogP contribution is 2.36. The highest BCUT2D eigenvalue weighted by molar-refractivity contribution is 5.70. The van der Waals surface area contributed by atoms with Crippen LogP contribution in [0.2, 0.25) is 0 Å². The summed E-state index contributed by atoms with van der Waals surface area (Å²) >= 11 is 0. The smallest absolute Gasteiger partial charge is 0.411 e. The minimum Gasteiger partial charge on any atom is -0.444 e. The number of aromatic nitrogens is 1. The highest BCUT2D eigenvalue weighted by atomic mass is 16.6. The number of hydrogen-bond acceptors (Lipinski definition) is 4. The molecule has 0 fully saturated rings. The minimum atomic E-state index is -0.635. The number of H-pyrrole nitrogens is 1. The summed E-state index contributed by atoms with van der Waals surface area (Å²) in [5, 5.41) is 2.59. The van der Waals surface area contributed by atoms with Crippen LogP contribution in [0.3, 0.4) is 0 Å². The molecule has 6 nitrogen and oxygen atoms in total. The maximum absolute atomic E-state index is 12.1. The fraction of sp³-hybridized carbons (Fsp3) is 0.667. The van der Waals surface area contributed by atoms with Crippen LogP contribution in [-0.4, -0.2) is 21.8 Å². The molecule has 1 aromatic rings. The van der Waals surface area contributed by atoms with Crippen LogP contribution in [0.4, 0.5) is 4.79 Å². The van der Waals surface area contributed by atoms with Crippen LogP contribution >= 0.6 is 0 Å². The number of nitrogens with one attached hydrogen (secondary N) is 1. The van der Waals surface area contributed by atoms with Crippen molar-refractivity contribution < 1.29 is 14.1 Å². The van der Waals surface area contributed by atoms with Gasteiger partial charge in [0.1, 0.15) is 5.60 Å². The van der Waals surface area contributed by atoms with E-state index >= 15 is 0 Å². The number of nitrogens with zero attached hydrogens (tertiary/aromatic N) is 1. The van der Waals surface area contributed by atoms with Gasteiger partial charge in [0.15, 0.2) is 0 Å². The Morgan fingerprint density at radius 3 is 2.56 bits per heavy atom. The average Bonchev–Trinajstić information content (AvgIpc) is 2.64. The quantitative estimate of drug-likeness (QED) is 0.767. The van der Waals surface area contributed by atoms with Crippen molar-refractivity contribution in [2.45, 2.75) is 52.3 Å². The van der Waals surface area contributed by atoms with Crippen LogP contribution in [0, 0.1) is 0 Å². The predicted octanol–water partition coefficient (Wildman–Crippen LogP) is 1.95. The van der Waals surface area contributed by atoms with Crippen molar-refractivity contribution in [3.63, 3.8) is 0 Å². The maximum atomic E-state index is 12.1. The van der Waals surface area contributed by atoms with Crippen molar-refractivity contribution in [3.8, 4) is 0 Å². The van der Waals surface area contributed by atoms with Crippen LogP contribution in [0.5, 0.6) is 0 Å². The molecule has 1 N–H and O–H groups in total. The number of ether oxygens (including phenoxy) is 1. The molecule has 0 unspecified atom stereocenters. The minimum absolute atomic E-state index is 0.211. The zero-order valence-corrected chi connectivity index (χ0v) is 11.3. The van der Waals surface area contributed by atoms with Gasteiger partial charge in [-0.05, 0) is 34.6 Å². The number of amides is 1. The monoisotopic (exact) mass is 254 g/mol. The molecule has 0 aromatic carbocycles. The molecule has 6 heteroatoms. The summed E-state index contributed by atoms with van der Waals surface area (Å²) in [6.07, 6.45) is -0.434. The van der Waals surface area contributed by atoms with Gasteiger partial charge >= 0.3 is 11.7 Å². The third-order valence-electron chi connectivity index (χ3n) is 3.01. The van der Waals surface area contributed by atoms with Gasteiger partial charge < -0.3 is 9.26 Å². The third kappa shape index (κ3) is 1.91. The molecule has 1 amide bonds. The van der Waals surface area contributed by atoms with E-state index in [1.165, 1.54) is 4.90 Å². The lowest BCUT2D eigenvalue weighted by Crippen LogP contribution is -2.43. The first-order valence-electron chi connectivity index (χ1n) is 5.84. The molecule has 0 radical (unpaired) electrons. The van der Waals surface area contributed by atoms with E-state index in [0.29, 0.717) is 11.3 Å². The lowest BCUT2D eigenvalue weighted by Gasteiger charge is -2.33. The number of hydrogen-bond donors (Lipinski definition) is 1. The summed E-state index contributed by atoms with van der Waals surface area (Å²) < 4.78 is 10.1. The molecule has 18 heavy (non-hydrogen) atoms. The Hall–Kier alpha value is -1.72. The molecule has 0 bridgehead atoms. The molecule has 1 aliphatic rings. The molecule has 0 saturated carbocycles. The first-order chi connectivity index (χ1) is 8.13. The second-order valence-corrected chi connectivity index (χ2v) is 5.97. The summed E-state index contributed by atoms with van der Waals surface area (Å²) in [5.74, 6) is 0. The van der Waals surface area contributed by atoms with Crippen LogP contribution in [0.25, 0.3) is 0 Å². The summed E-state index contributed by atoms with van der Waals surface area (Å²) in [5.41, 5.74) is -0.494. The summed E-state index contributed by atoms with van der Waals surface area (Å²) in [6, 6.07) is 0. The van der Waals surface area contributed by atoms with Crippen LogP contribution in [0.15, 0.2) is 9.32 Å². The van der Waals surface area contributed by atoms with E-state index in [1.54, 1.807) is 0 Å². The Morgan fingerprint density at radius 1 is 1.44 bits per heavy atom. The van der Waals surface area contributed by atoms with Crippen molar-refractivity contribution in [1.29, 1.82) is 0 Å². The molecule has 2 heterocycles. The SMILES string of the molecule is CC(C)(C)OC(=O)N1Cc2c([nH]oc2=O)C1(C)C. The van der Waals surface area contributed by atoms with Crippen molar-refractivity contribution in [3.05, 3.63) is 21.7 Å². The lowest BCUT2D eigenvalue weighted by atomic mass is 10.0. The van der Waals surface area contributed by atoms with Crippen molar-refractivity contribution in [1.82, 2.24) is 10.1 Å². The standard InChI is InChI=1S/C12H18N2O4/c1-11(2,3)17-10(16)14-6-7-8(12(14,4)5)13-18-9(7)15/h13H,6H2,1-5H3. The number of fused-ring (bicyclic) bond motifs is 1. The van der Waals surface area contributed by atoms with Gasteiger partial charge in [-0.25, -0.2) is 14.7 Å².